The third-order valence-corrected chi connectivity index (χ3v) is 5.15. The molecule has 7 nitrogen and oxygen atoms in total. The second-order valence-electron chi connectivity index (χ2n) is 6.95. The Morgan fingerprint density at radius 2 is 1.71 bits per heavy atom. The lowest BCUT2D eigenvalue weighted by Gasteiger charge is -2.35. The van der Waals surface area contributed by atoms with Crippen molar-refractivity contribution in [1.29, 1.82) is 0 Å². The highest BCUT2D eigenvalue weighted by Crippen LogP contribution is 2.25. The second-order valence-corrected chi connectivity index (χ2v) is 6.95. The number of piperazine rings is 1. The van der Waals surface area contributed by atoms with Crippen LogP contribution in [0.3, 0.4) is 0 Å². The van der Waals surface area contributed by atoms with Gasteiger partial charge in [0.2, 0.25) is 0 Å². The molecule has 0 N–H and O–H groups in total. The summed E-state index contributed by atoms with van der Waals surface area (Å²) in [4.78, 5) is 18.1. The van der Waals surface area contributed by atoms with E-state index in [0.29, 0.717) is 0 Å². The molecule has 4 aromatic rings. The van der Waals surface area contributed by atoms with Gasteiger partial charge in [0, 0.05) is 45.1 Å². The van der Waals surface area contributed by atoms with Crippen LogP contribution in [-0.2, 0) is 6.54 Å². The quantitative estimate of drug-likeness (QED) is 0.549. The number of rotatable bonds is 4. The van der Waals surface area contributed by atoms with E-state index >= 15 is 0 Å². The molecule has 0 unspecified atom stereocenters. The minimum absolute atomic E-state index is 0.842. The molecule has 4 heterocycles. The van der Waals surface area contributed by atoms with Crippen molar-refractivity contribution in [2.24, 2.45) is 0 Å². The van der Waals surface area contributed by atoms with Gasteiger partial charge in [0.1, 0.15) is 12.1 Å². The molecule has 0 saturated carbocycles. The van der Waals surface area contributed by atoms with E-state index in [-0.39, 0.29) is 0 Å². The van der Waals surface area contributed by atoms with Gasteiger partial charge in [0.25, 0.3) is 0 Å². The van der Waals surface area contributed by atoms with Gasteiger partial charge in [-0.05, 0) is 23.8 Å². The molecule has 1 aliphatic heterocycles. The Morgan fingerprint density at radius 1 is 0.857 bits per heavy atom. The zero-order valence-electron chi connectivity index (χ0n) is 15.5. The van der Waals surface area contributed by atoms with E-state index in [1.807, 2.05) is 59.7 Å². The van der Waals surface area contributed by atoms with Crippen molar-refractivity contribution in [2.45, 2.75) is 6.54 Å². The van der Waals surface area contributed by atoms with Crippen LogP contribution in [0.25, 0.3) is 16.7 Å². The molecule has 1 aliphatic rings. The van der Waals surface area contributed by atoms with Gasteiger partial charge in [-0.1, -0.05) is 24.3 Å². The zero-order valence-corrected chi connectivity index (χ0v) is 15.5. The maximum absolute atomic E-state index is 4.58. The van der Waals surface area contributed by atoms with Crippen LogP contribution in [0, 0.1) is 0 Å². The van der Waals surface area contributed by atoms with Crippen LogP contribution in [0.5, 0.6) is 0 Å². The van der Waals surface area contributed by atoms with Gasteiger partial charge >= 0.3 is 0 Å². The summed E-state index contributed by atoms with van der Waals surface area (Å²) in [6.07, 6.45) is 7.27. The lowest BCUT2D eigenvalue weighted by atomic mass is 10.2. The smallest absolute Gasteiger partial charge is 0.168 e. The fourth-order valence-electron chi connectivity index (χ4n) is 3.71. The zero-order chi connectivity index (χ0) is 18.8. The van der Waals surface area contributed by atoms with Gasteiger partial charge in [-0.15, -0.1) is 0 Å². The predicted molar refractivity (Wildman–Crippen MR) is 108 cm³/mol. The van der Waals surface area contributed by atoms with Crippen LogP contribution in [0.2, 0.25) is 0 Å². The fraction of sp³-hybridized carbons (Fsp3) is 0.238. The van der Waals surface area contributed by atoms with E-state index in [1.54, 1.807) is 6.33 Å². The number of aromatic nitrogens is 5. The van der Waals surface area contributed by atoms with Gasteiger partial charge in [-0.2, -0.15) is 5.10 Å². The Labute approximate surface area is 163 Å². The number of hydrogen-bond donors (Lipinski definition) is 0. The number of fused-ring (bicyclic) bond motifs is 1. The van der Waals surface area contributed by atoms with Crippen LogP contribution < -0.4 is 4.90 Å². The standard InChI is InChI=1S/C21H21N7/c1-2-6-18(7-3-1)28-21-19(14-25-28)20(23-16-24-21)27-11-9-26(10-12-27)15-17-5-4-8-22-13-17/h1-8,13-14,16H,9-12,15H2. The summed E-state index contributed by atoms with van der Waals surface area (Å²) in [7, 11) is 0. The fourth-order valence-corrected chi connectivity index (χ4v) is 3.71. The van der Waals surface area contributed by atoms with Crippen molar-refractivity contribution >= 4 is 16.9 Å². The number of anilines is 1. The van der Waals surface area contributed by atoms with Gasteiger partial charge in [-0.25, -0.2) is 14.6 Å². The SMILES string of the molecule is c1ccc(-n2ncc3c(N4CCN(Cc5cccnc5)CC4)ncnc32)cc1. The van der Waals surface area contributed by atoms with Gasteiger partial charge in [0.15, 0.2) is 5.65 Å². The summed E-state index contributed by atoms with van der Waals surface area (Å²) in [5.74, 6) is 0.966. The van der Waals surface area contributed by atoms with Crippen LogP contribution in [0.4, 0.5) is 5.82 Å². The number of para-hydroxylation sites is 1. The summed E-state index contributed by atoms with van der Waals surface area (Å²) in [6, 6.07) is 14.2. The van der Waals surface area contributed by atoms with Crippen molar-refractivity contribution in [3.8, 4) is 5.69 Å². The van der Waals surface area contributed by atoms with Crippen molar-refractivity contribution in [3.63, 3.8) is 0 Å². The first kappa shape index (κ1) is 16.8. The summed E-state index contributed by atoms with van der Waals surface area (Å²) >= 11 is 0. The van der Waals surface area contributed by atoms with Crippen molar-refractivity contribution in [3.05, 3.63) is 72.9 Å². The van der Waals surface area contributed by atoms with Crippen LogP contribution >= 0.6 is 0 Å². The summed E-state index contributed by atoms with van der Waals surface area (Å²) in [6.45, 7) is 4.79. The Bertz CT molecular complexity index is 1050. The molecule has 0 aliphatic carbocycles. The first-order valence-electron chi connectivity index (χ1n) is 9.49. The molecule has 7 heteroatoms. The van der Waals surface area contributed by atoms with E-state index in [0.717, 1.165) is 55.3 Å². The second kappa shape index (κ2) is 7.36. The van der Waals surface area contributed by atoms with Gasteiger partial charge in [-0.3, -0.25) is 9.88 Å². The maximum atomic E-state index is 4.58. The molecule has 5 rings (SSSR count). The molecule has 0 radical (unpaired) electrons. The Balaban J connectivity index is 1.35. The van der Waals surface area contributed by atoms with E-state index in [4.69, 9.17) is 0 Å². The molecule has 28 heavy (non-hydrogen) atoms. The van der Waals surface area contributed by atoms with Crippen molar-refractivity contribution < 1.29 is 0 Å². The van der Waals surface area contributed by atoms with Crippen molar-refractivity contribution in [1.82, 2.24) is 29.6 Å². The number of pyridine rings is 1. The molecular weight excluding hydrogens is 350 g/mol. The molecule has 0 amide bonds. The molecule has 0 spiro atoms. The topological polar surface area (TPSA) is 63.0 Å². The lowest BCUT2D eigenvalue weighted by molar-refractivity contribution is 0.249. The lowest BCUT2D eigenvalue weighted by Crippen LogP contribution is -2.46. The number of benzene rings is 1. The normalized spacial score (nSPS) is 15.2. The minimum atomic E-state index is 0.842. The number of nitrogens with zero attached hydrogens (tertiary/aromatic N) is 7. The summed E-state index contributed by atoms with van der Waals surface area (Å²) in [5.41, 5.74) is 3.10. The highest BCUT2D eigenvalue weighted by Gasteiger charge is 2.21. The summed E-state index contributed by atoms with van der Waals surface area (Å²) in [5, 5.41) is 5.55. The first-order chi connectivity index (χ1) is 13.9. The van der Waals surface area contributed by atoms with Crippen LogP contribution in [0.1, 0.15) is 5.56 Å². The monoisotopic (exact) mass is 371 g/mol. The summed E-state index contributed by atoms with van der Waals surface area (Å²) < 4.78 is 1.87. The average Bonchev–Trinajstić information content (AvgIpc) is 3.20. The Hall–Kier alpha value is -3.32. The third-order valence-electron chi connectivity index (χ3n) is 5.15. The van der Waals surface area contributed by atoms with Crippen LogP contribution in [0.15, 0.2) is 67.4 Å². The predicted octanol–water partition coefficient (Wildman–Crippen LogP) is 2.53. The Kier molecular flexibility index (Phi) is 4.42. The molecule has 3 aromatic heterocycles. The highest BCUT2D eigenvalue weighted by molar-refractivity contribution is 5.87. The average molecular weight is 371 g/mol. The van der Waals surface area contributed by atoms with E-state index in [2.05, 4.69) is 35.9 Å². The molecule has 0 bridgehead atoms. The minimum Gasteiger partial charge on any atom is -0.353 e. The Morgan fingerprint density at radius 3 is 2.50 bits per heavy atom. The van der Waals surface area contributed by atoms with E-state index in [9.17, 15) is 0 Å². The van der Waals surface area contributed by atoms with E-state index < -0.39 is 0 Å². The molecule has 1 saturated heterocycles. The maximum Gasteiger partial charge on any atom is 0.168 e. The highest BCUT2D eigenvalue weighted by atomic mass is 15.3. The third kappa shape index (κ3) is 3.20. The molecule has 0 atom stereocenters. The first-order valence-corrected chi connectivity index (χ1v) is 9.49. The molecular formula is C21H21N7. The number of hydrogen-bond acceptors (Lipinski definition) is 6. The molecule has 1 fully saturated rings. The van der Waals surface area contributed by atoms with Gasteiger partial charge < -0.3 is 4.90 Å². The van der Waals surface area contributed by atoms with E-state index in [1.165, 1.54) is 5.56 Å². The van der Waals surface area contributed by atoms with Crippen LogP contribution in [-0.4, -0.2) is 55.8 Å². The molecule has 140 valence electrons. The molecule has 1 aromatic carbocycles. The van der Waals surface area contributed by atoms with Crippen molar-refractivity contribution in [2.75, 3.05) is 31.1 Å². The largest absolute Gasteiger partial charge is 0.353 e. The van der Waals surface area contributed by atoms with Gasteiger partial charge in [0.05, 0.1) is 17.3 Å².